The van der Waals surface area contributed by atoms with Crippen molar-refractivity contribution in [2.75, 3.05) is 7.11 Å². The van der Waals surface area contributed by atoms with Crippen LogP contribution in [-0.2, 0) is 9.53 Å². The van der Waals surface area contributed by atoms with Crippen molar-refractivity contribution in [3.8, 4) is 0 Å². The third kappa shape index (κ3) is 2.16. The van der Waals surface area contributed by atoms with Gasteiger partial charge in [0, 0.05) is 0 Å². The molecule has 1 N–H and O–H groups in total. The number of rotatable bonds is 1. The molecule has 4 aliphatic rings. The quantitative estimate of drug-likeness (QED) is 0.581. The number of aliphatic hydroxyl groups excluding tert-OH is 1. The zero-order valence-corrected chi connectivity index (χ0v) is 15.4. The van der Waals surface area contributed by atoms with Gasteiger partial charge in [0.15, 0.2) is 0 Å². The summed E-state index contributed by atoms with van der Waals surface area (Å²) in [5, 5.41) is 10.1. The summed E-state index contributed by atoms with van der Waals surface area (Å²) in [5.41, 5.74) is 1.94. The number of fused-ring (bicyclic) bond motifs is 5. The largest absolute Gasteiger partial charge is 0.469 e. The van der Waals surface area contributed by atoms with Crippen molar-refractivity contribution in [2.45, 2.75) is 71.3 Å². The maximum atomic E-state index is 12.3. The van der Waals surface area contributed by atoms with Crippen LogP contribution >= 0.6 is 0 Å². The number of carbonyl (C=O) groups is 1. The Hall–Kier alpha value is -0.830. The van der Waals surface area contributed by atoms with Crippen LogP contribution in [0.25, 0.3) is 0 Å². The molecular weight excluding hydrogens is 300 g/mol. The van der Waals surface area contributed by atoms with Crippen LogP contribution in [0.1, 0.15) is 65.2 Å². The molecular formula is C21H32O3. The third-order valence-corrected chi connectivity index (χ3v) is 8.56. The van der Waals surface area contributed by atoms with Gasteiger partial charge in [-0.2, -0.15) is 0 Å². The molecule has 0 spiro atoms. The van der Waals surface area contributed by atoms with Crippen molar-refractivity contribution >= 4 is 5.97 Å². The van der Waals surface area contributed by atoms with Gasteiger partial charge in [0.2, 0.25) is 0 Å². The van der Waals surface area contributed by atoms with Crippen molar-refractivity contribution in [2.24, 2.45) is 34.5 Å². The van der Waals surface area contributed by atoms with E-state index in [9.17, 15) is 9.90 Å². The van der Waals surface area contributed by atoms with Gasteiger partial charge in [0.05, 0.1) is 19.1 Å². The second-order valence-corrected chi connectivity index (χ2v) is 9.35. The minimum absolute atomic E-state index is 0.0116. The molecule has 3 nitrogen and oxygen atoms in total. The van der Waals surface area contributed by atoms with Crippen LogP contribution in [0.15, 0.2) is 11.6 Å². The summed E-state index contributed by atoms with van der Waals surface area (Å²) in [6.45, 7) is 4.81. The van der Waals surface area contributed by atoms with E-state index in [1.54, 1.807) is 0 Å². The fourth-order valence-electron chi connectivity index (χ4n) is 7.17. The number of hydrogen-bond donors (Lipinski definition) is 1. The van der Waals surface area contributed by atoms with E-state index >= 15 is 0 Å². The lowest BCUT2D eigenvalue weighted by molar-refractivity contribution is -0.152. The van der Waals surface area contributed by atoms with Crippen LogP contribution in [0.3, 0.4) is 0 Å². The molecule has 0 aliphatic heterocycles. The highest BCUT2D eigenvalue weighted by Crippen LogP contribution is 2.66. The summed E-state index contributed by atoms with van der Waals surface area (Å²) in [7, 11) is 1.54. The molecule has 0 amide bonds. The summed E-state index contributed by atoms with van der Waals surface area (Å²) in [5.74, 6) is 2.21. The Labute approximate surface area is 145 Å². The Morgan fingerprint density at radius 1 is 1.17 bits per heavy atom. The van der Waals surface area contributed by atoms with Gasteiger partial charge in [-0.3, -0.25) is 4.79 Å². The number of allylic oxidation sites excluding steroid dienone is 1. The molecule has 24 heavy (non-hydrogen) atoms. The van der Waals surface area contributed by atoms with Crippen molar-refractivity contribution in [3.63, 3.8) is 0 Å². The molecule has 2 unspecified atom stereocenters. The molecule has 134 valence electrons. The molecule has 0 radical (unpaired) electrons. The molecule has 4 rings (SSSR count). The second kappa shape index (κ2) is 5.59. The van der Waals surface area contributed by atoms with Crippen LogP contribution in [0, 0.1) is 34.5 Å². The van der Waals surface area contributed by atoms with Crippen molar-refractivity contribution < 1.29 is 14.6 Å². The number of hydrogen-bond acceptors (Lipinski definition) is 3. The number of esters is 1. The highest BCUT2D eigenvalue weighted by Gasteiger charge is 2.60. The van der Waals surface area contributed by atoms with E-state index in [2.05, 4.69) is 19.9 Å². The molecule has 0 heterocycles. The van der Waals surface area contributed by atoms with E-state index < -0.39 is 0 Å². The smallest absolute Gasteiger partial charge is 0.309 e. The van der Waals surface area contributed by atoms with Gasteiger partial charge >= 0.3 is 5.97 Å². The molecule has 0 aromatic heterocycles. The lowest BCUT2D eigenvalue weighted by Crippen LogP contribution is -2.51. The van der Waals surface area contributed by atoms with Gasteiger partial charge < -0.3 is 9.84 Å². The summed E-state index contributed by atoms with van der Waals surface area (Å²) >= 11 is 0. The first-order chi connectivity index (χ1) is 11.4. The van der Waals surface area contributed by atoms with Gasteiger partial charge in [0.1, 0.15) is 0 Å². The first-order valence-corrected chi connectivity index (χ1v) is 9.85. The van der Waals surface area contributed by atoms with Crippen molar-refractivity contribution in [1.82, 2.24) is 0 Å². The van der Waals surface area contributed by atoms with Gasteiger partial charge in [-0.25, -0.2) is 0 Å². The lowest BCUT2D eigenvalue weighted by Gasteiger charge is -2.57. The predicted octanol–water partition coefficient (Wildman–Crippen LogP) is 4.10. The first kappa shape index (κ1) is 16.6. The van der Waals surface area contributed by atoms with E-state index in [1.165, 1.54) is 25.5 Å². The maximum absolute atomic E-state index is 12.3. The molecule has 7 atom stereocenters. The minimum atomic E-state index is -0.134. The van der Waals surface area contributed by atoms with Crippen molar-refractivity contribution in [1.29, 1.82) is 0 Å². The Bertz CT molecular complexity index is 567. The zero-order valence-electron chi connectivity index (χ0n) is 15.4. The van der Waals surface area contributed by atoms with Gasteiger partial charge in [-0.15, -0.1) is 0 Å². The SMILES string of the molecule is COC(=O)C1CC[C@H]2[C@@H]3CC=C4CC(O)CC[C@]4(C)[C@H]3CC[C@]12C. The van der Waals surface area contributed by atoms with E-state index in [-0.39, 0.29) is 28.8 Å². The Kier molecular flexibility index (Phi) is 3.87. The summed E-state index contributed by atoms with van der Waals surface area (Å²) in [6.07, 6.45) is 11.0. The normalized spacial score (nSPS) is 50.3. The van der Waals surface area contributed by atoms with E-state index in [1.807, 2.05) is 0 Å². The Balaban J connectivity index is 1.64. The van der Waals surface area contributed by atoms with Crippen LogP contribution < -0.4 is 0 Å². The molecule has 0 bridgehead atoms. The standard InChI is InChI=1S/C21H32O3/c1-20-10-8-14(22)12-13(20)4-5-15-16-6-7-18(19(23)24-3)21(16,2)11-9-17(15)20/h4,14-18,22H,5-12H2,1-3H3/t14?,15-,16-,17-,18?,20-,21-/m0/s1. The van der Waals surface area contributed by atoms with Crippen LogP contribution in [0.5, 0.6) is 0 Å². The Morgan fingerprint density at radius 3 is 2.71 bits per heavy atom. The lowest BCUT2D eigenvalue weighted by atomic mass is 9.47. The Morgan fingerprint density at radius 2 is 1.96 bits per heavy atom. The monoisotopic (exact) mass is 332 g/mol. The number of methoxy groups -OCH3 is 1. The zero-order chi connectivity index (χ0) is 17.1. The fourth-order valence-corrected chi connectivity index (χ4v) is 7.17. The summed E-state index contributed by atoms with van der Waals surface area (Å²) < 4.78 is 5.12. The highest BCUT2D eigenvalue weighted by atomic mass is 16.5. The van der Waals surface area contributed by atoms with Crippen molar-refractivity contribution in [3.05, 3.63) is 11.6 Å². The molecule has 0 aromatic rings. The number of carbonyl (C=O) groups excluding carboxylic acids is 1. The molecule has 3 saturated carbocycles. The molecule has 3 fully saturated rings. The molecule has 3 heteroatoms. The highest BCUT2D eigenvalue weighted by molar-refractivity contribution is 5.73. The predicted molar refractivity (Wildman–Crippen MR) is 93.2 cm³/mol. The fraction of sp³-hybridized carbons (Fsp3) is 0.857. The second-order valence-electron chi connectivity index (χ2n) is 9.35. The van der Waals surface area contributed by atoms with E-state index in [4.69, 9.17) is 4.74 Å². The van der Waals surface area contributed by atoms with Crippen LogP contribution in [0.2, 0.25) is 0 Å². The molecule has 0 aromatic carbocycles. The van der Waals surface area contributed by atoms with Crippen LogP contribution in [-0.4, -0.2) is 24.3 Å². The summed E-state index contributed by atoms with van der Waals surface area (Å²) in [6, 6.07) is 0. The van der Waals surface area contributed by atoms with Gasteiger partial charge in [0.25, 0.3) is 0 Å². The molecule has 4 aliphatic carbocycles. The van der Waals surface area contributed by atoms with Gasteiger partial charge in [-0.05, 0) is 80.0 Å². The van der Waals surface area contributed by atoms with Crippen LogP contribution in [0.4, 0.5) is 0 Å². The topological polar surface area (TPSA) is 46.5 Å². The van der Waals surface area contributed by atoms with E-state index in [0.717, 1.165) is 44.4 Å². The number of aliphatic hydroxyl groups is 1. The van der Waals surface area contributed by atoms with Gasteiger partial charge in [-0.1, -0.05) is 25.5 Å². The molecule has 0 saturated heterocycles. The average Bonchev–Trinajstić information content (AvgIpc) is 2.92. The van der Waals surface area contributed by atoms with E-state index in [0.29, 0.717) is 11.8 Å². The number of ether oxygens (including phenoxy) is 1. The first-order valence-electron chi connectivity index (χ1n) is 9.85. The summed E-state index contributed by atoms with van der Waals surface area (Å²) in [4.78, 5) is 12.3. The third-order valence-electron chi connectivity index (χ3n) is 8.56. The maximum Gasteiger partial charge on any atom is 0.309 e. The average molecular weight is 332 g/mol. The minimum Gasteiger partial charge on any atom is -0.469 e.